The fraction of sp³-hybridized carbons (Fsp3) is 0.250. The van der Waals surface area contributed by atoms with Crippen LogP contribution in [0.2, 0.25) is 0 Å². The number of anilines is 1. The van der Waals surface area contributed by atoms with Crippen molar-refractivity contribution in [3.8, 4) is 17.4 Å². The molecule has 0 atom stereocenters. The quantitative estimate of drug-likeness (QED) is 0.195. The van der Waals surface area contributed by atoms with Gasteiger partial charge in [-0.1, -0.05) is 12.1 Å². The van der Waals surface area contributed by atoms with Gasteiger partial charge in [0.1, 0.15) is 17.2 Å². The zero-order chi connectivity index (χ0) is 34.0. The Morgan fingerprint density at radius 1 is 0.917 bits per heavy atom. The van der Waals surface area contributed by atoms with E-state index < -0.39 is 17.6 Å². The lowest BCUT2D eigenvalue weighted by molar-refractivity contribution is -0.137. The first kappa shape index (κ1) is 32.6. The molecule has 2 aromatic heterocycles. The minimum atomic E-state index is -4.48. The molecule has 1 aliphatic heterocycles. The van der Waals surface area contributed by atoms with Crippen LogP contribution in [0.4, 0.5) is 18.9 Å². The second-order valence-corrected chi connectivity index (χ2v) is 11.6. The molecule has 0 radical (unpaired) electrons. The third kappa shape index (κ3) is 6.98. The second-order valence-electron chi connectivity index (χ2n) is 11.6. The Morgan fingerprint density at radius 2 is 1.62 bits per heavy atom. The smallest absolute Gasteiger partial charge is 0.416 e. The van der Waals surface area contributed by atoms with Crippen LogP contribution in [0.25, 0.3) is 10.9 Å². The van der Waals surface area contributed by atoms with Crippen LogP contribution in [0.15, 0.2) is 85.1 Å². The van der Waals surface area contributed by atoms with E-state index in [1.165, 1.54) is 11.8 Å². The van der Waals surface area contributed by atoms with Gasteiger partial charge in [0.15, 0.2) is 0 Å². The molecule has 0 aliphatic carbocycles. The Bertz CT molecular complexity index is 1930. The number of piperazine rings is 1. The summed E-state index contributed by atoms with van der Waals surface area (Å²) in [6.07, 6.45) is -3.07. The van der Waals surface area contributed by atoms with Gasteiger partial charge in [0.2, 0.25) is 5.88 Å². The largest absolute Gasteiger partial charge is 0.497 e. The number of pyridine rings is 1. The van der Waals surface area contributed by atoms with Crippen LogP contribution in [-0.4, -0.2) is 64.5 Å². The maximum absolute atomic E-state index is 13.6. The van der Waals surface area contributed by atoms with Crippen molar-refractivity contribution in [1.82, 2.24) is 19.4 Å². The van der Waals surface area contributed by atoms with Gasteiger partial charge in [0, 0.05) is 67.9 Å². The lowest BCUT2D eigenvalue weighted by Crippen LogP contribution is -2.48. The topological polar surface area (TPSA) is 88.9 Å². The molecule has 1 fully saturated rings. The van der Waals surface area contributed by atoms with Crippen molar-refractivity contribution < 1.29 is 32.2 Å². The van der Waals surface area contributed by atoms with E-state index in [4.69, 9.17) is 9.47 Å². The number of nitrogens with zero attached hydrogens (tertiary/aromatic N) is 4. The number of rotatable bonds is 8. The fourth-order valence-corrected chi connectivity index (χ4v) is 5.75. The summed E-state index contributed by atoms with van der Waals surface area (Å²) in [5, 5.41) is 3.51. The van der Waals surface area contributed by atoms with E-state index in [1.54, 1.807) is 19.2 Å². The van der Waals surface area contributed by atoms with Crippen molar-refractivity contribution in [2.75, 3.05) is 38.6 Å². The van der Waals surface area contributed by atoms with Gasteiger partial charge in [-0.25, -0.2) is 4.98 Å². The molecule has 3 aromatic carbocycles. The molecule has 0 unspecified atom stereocenters. The Balaban J connectivity index is 1.08. The van der Waals surface area contributed by atoms with Gasteiger partial charge >= 0.3 is 6.18 Å². The molecule has 12 heteroatoms. The summed E-state index contributed by atoms with van der Waals surface area (Å²) >= 11 is 0. The average molecular weight is 658 g/mol. The molecule has 3 heterocycles. The van der Waals surface area contributed by atoms with Gasteiger partial charge < -0.3 is 24.3 Å². The van der Waals surface area contributed by atoms with Gasteiger partial charge in [-0.3, -0.25) is 14.5 Å². The maximum Gasteiger partial charge on any atom is 0.416 e. The highest BCUT2D eigenvalue weighted by atomic mass is 19.4. The Labute approximate surface area is 275 Å². The summed E-state index contributed by atoms with van der Waals surface area (Å²) in [7, 11) is 3.54. The standard InChI is InChI=1S/C36H34F3N5O4/c1-23-29-20-31(35(46)44-18-16-43(17-19-44)22-24-4-11-28(47-3)12-5-24)42(2)30(29)13-14-32(23)48-33-15-10-27(21-40-33)41-34(45)25-6-8-26(9-7-25)36(37,38)39/h4-15,20-21H,16-19,22H2,1-3H3,(H,41,45). The van der Waals surface area contributed by atoms with Crippen LogP contribution in [0.5, 0.6) is 17.4 Å². The SMILES string of the molecule is COc1ccc(CN2CCN(C(=O)c3cc4c(C)c(Oc5ccc(NC(=O)c6ccc(C(F)(F)F)cc6)cn5)ccc4n3C)CC2)cc1. The first-order chi connectivity index (χ1) is 23.0. The molecule has 0 spiro atoms. The molecule has 1 saturated heterocycles. The van der Waals surface area contributed by atoms with Crippen LogP contribution < -0.4 is 14.8 Å². The summed E-state index contributed by atoms with van der Waals surface area (Å²) in [6, 6.07) is 20.8. The average Bonchev–Trinajstić information content (AvgIpc) is 3.43. The van der Waals surface area contributed by atoms with E-state index >= 15 is 0 Å². The van der Waals surface area contributed by atoms with Crippen LogP contribution in [0.3, 0.4) is 0 Å². The number of carbonyl (C=O) groups excluding carboxylic acids is 2. The van der Waals surface area contributed by atoms with Crippen LogP contribution in [0.1, 0.15) is 37.5 Å². The molecule has 1 N–H and O–H groups in total. The third-order valence-corrected chi connectivity index (χ3v) is 8.57. The van der Waals surface area contributed by atoms with Crippen LogP contribution in [0, 0.1) is 6.92 Å². The van der Waals surface area contributed by atoms with Gasteiger partial charge in [0.05, 0.1) is 24.6 Å². The van der Waals surface area contributed by atoms with Crippen LogP contribution in [-0.2, 0) is 19.8 Å². The van der Waals surface area contributed by atoms with Gasteiger partial charge in [-0.2, -0.15) is 13.2 Å². The number of nitrogens with one attached hydrogen (secondary N) is 1. The molecule has 0 bridgehead atoms. The molecule has 5 aromatic rings. The number of aryl methyl sites for hydroxylation is 2. The van der Waals surface area contributed by atoms with E-state index in [-0.39, 0.29) is 17.4 Å². The second kappa shape index (κ2) is 13.4. The molecule has 2 amide bonds. The molecule has 9 nitrogen and oxygen atoms in total. The Morgan fingerprint density at radius 3 is 2.25 bits per heavy atom. The van der Waals surface area contributed by atoms with Crippen molar-refractivity contribution in [2.24, 2.45) is 7.05 Å². The van der Waals surface area contributed by atoms with E-state index in [2.05, 4.69) is 27.3 Å². The zero-order valence-electron chi connectivity index (χ0n) is 26.7. The number of amides is 2. The molecule has 0 saturated carbocycles. The lowest BCUT2D eigenvalue weighted by atomic mass is 10.1. The Hall–Kier alpha value is -5.36. The molecule has 48 heavy (non-hydrogen) atoms. The number of fused-ring (bicyclic) bond motifs is 1. The number of hydrogen-bond acceptors (Lipinski definition) is 6. The summed E-state index contributed by atoms with van der Waals surface area (Å²) in [5.74, 6) is 1.09. The van der Waals surface area contributed by atoms with Crippen LogP contribution >= 0.6 is 0 Å². The van der Waals surface area contributed by atoms with E-state index in [9.17, 15) is 22.8 Å². The third-order valence-electron chi connectivity index (χ3n) is 8.57. The number of alkyl halides is 3. The molecule has 1 aliphatic rings. The molecule has 248 valence electrons. The van der Waals surface area contributed by atoms with Crippen molar-refractivity contribution in [1.29, 1.82) is 0 Å². The first-order valence-corrected chi connectivity index (χ1v) is 15.4. The highest BCUT2D eigenvalue weighted by molar-refractivity contribution is 6.04. The predicted molar refractivity (Wildman–Crippen MR) is 176 cm³/mol. The number of halogens is 3. The van der Waals surface area contributed by atoms with Crippen molar-refractivity contribution in [3.63, 3.8) is 0 Å². The van der Waals surface area contributed by atoms with E-state index in [0.717, 1.165) is 66.1 Å². The summed E-state index contributed by atoms with van der Waals surface area (Å²) in [4.78, 5) is 34.7. The summed E-state index contributed by atoms with van der Waals surface area (Å²) < 4.78 is 51.7. The van der Waals surface area contributed by atoms with Gasteiger partial charge in [0.25, 0.3) is 11.8 Å². The number of aromatic nitrogens is 2. The van der Waals surface area contributed by atoms with Crippen molar-refractivity contribution in [2.45, 2.75) is 19.6 Å². The minimum absolute atomic E-state index is 0.0183. The fourth-order valence-electron chi connectivity index (χ4n) is 5.75. The van der Waals surface area contributed by atoms with Gasteiger partial charge in [-0.05, 0) is 73.2 Å². The van der Waals surface area contributed by atoms with E-state index in [0.29, 0.717) is 30.2 Å². The van der Waals surface area contributed by atoms with Crippen molar-refractivity contribution in [3.05, 3.63) is 113 Å². The summed E-state index contributed by atoms with van der Waals surface area (Å²) in [6.45, 7) is 5.57. The number of benzene rings is 3. The maximum atomic E-state index is 13.6. The Kier molecular flexibility index (Phi) is 9.09. The highest BCUT2D eigenvalue weighted by Gasteiger charge is 2.30. The molecule has 6 rings (SSSR count). The highest BCUT2D eigenvalue weighted by Crippen LogP contribution is 2.33. The minimum Gasteiger partial charge on any atom is -0.497 e. The molecular formula is C36H34F3N5O4. The van der Waals surface area contributed by atoms with Crippen molar-refractivity contribution >= 4 is 28.4 Å². The lowest BCUT2D eigenvalue weighted by Gasteiger charge is -2.34. The normalized spacial score (nSPS) is 13.8. The number of carbonyl (C=O) groups is 2. The monoisotopic (exact) mass is 657 g/mol. The number of methoxy groups -OCH3 is 1. The zero-order valence-corrected chi connectivity index (χ0v) is 26.7. The summed E-state index contributed by atoms with van der Waals surface area (Å²) in [5.41, 5.74) is 3.15. The number of ether oxygens (including phenoxy) is 2. The van der Waals surface area contributed by atoms with Gasteiger partial charge in [-0.15, -0.1) is 0 Å². The molecular weight excluding hydrogens is 623 g/mol. The van der Waals surface area contributed by atoms with E-state index in [1.807, 2.05) is 53.8 Å². The first-order valence-electron chi connectivity index (χ1n) is 15.4. The number of hydrogen-bond donors (Lipinski definition) is 1. The predicted octanol–water partition coefficient (Wildman–Crippen LogP) is 6.91.